The molecule has 7 nitrogen and oxygen atoms in total. The number of benzene rings is 1. The summed E-state index contributed by atoms with van der Waals surface area (Å²) in [5, 5.41) is 8.21. The molecular formula is C15H16FN5O2S. The van der Waals surface area contributed by atoms with Gasteiger partial charge in [0.1, 0.15) is 23.7 Å². The van der Waals surface area contributed by atoms with Crippen LogP contribution in [0.2, 0.25) is 0 Å². The predicted molar refractivity (Wildman–Crippen MR) is 85.5 cm³/mol. The molecule has 3 rings (SSSR count). The second-order valence-corrected chi connectivity index (χ2v) is 7.32. The normalized spacial score (nSPS) is 11.8. The van der Waals surface area contributed by atoms with E-state index in [1.807, 2.05) is 6.92 Å². The fourth-order valence-corrected chi connectivity index (χ4v) is 3.64. The van der Waals surface area contributed by atoms with E-state index in [1.165, 1.54) is 23.1 Å². The summed E-state index contributed by atoms with van der Waals surface area (Å²) in [6.07, 6.45) is 2.99. The van der Waals surface area contributed by atoms with Gasteiger partial charge in [0.25, 0.3) is 0 Å². The molecule has 0 aliphatic carbocycles. The van der Waals surface area contributed by atoms with Crippen LogP contribution in [-0.4, -0.2) is 33.0 Å². The fraction of sp³-hybridized carbons (Fsp3) is 0.267. The van der Waals surface area contributed by atoms with Gasteiger partial charge >= 0.3 is 0 Å². The minimum atomic E-state index is -3.42. The highest BCUT2D eigenvalue weighted by Gasteiger charge is 2.18. The minimum Gasteiger partial charge on any atom is -0.249 e. The molecule has 24 heavy (non-hydrogen) atoms. The molecule has 2 aromatic heterocycles. The van der Waals surface area contributed by atoms with Crippen LogP contribution in [0.15, 0.2) is 42.9 Å². The quantitative estimate of drug-likeness (QED) is 0.677. The maximum absolute atomic E-state index is 13.0. The summed E-state index contributed by atoms with van der Waals surface area (Å²) in [7, 11) is -3.42. The Morgan fingerprint density at radius 1 is 1.12 bits per heavy atom. The zero-order valence-electron chi connectivity index (χ0n) is 13.0. The Morgan fingerprint density at radius 3 is 2.58 bits per heavy atom. The number of nitrogens with zero attached hydrogens (tertiary/aromatic N) is 5. The van der Waals surface area contributed by atoms with Gasteiger partial charge in [-0.2, -0.15) is 10.2 Å². The van der Waals surface area contributed by atoms with E-state index < -0.39 is 9.84 Å². The van der Waals surface area contributed by atoms with E-state index in [1.54, 1.807) is 29.1 Å². The van der Waals surface area contributed by atoms with Gasteiger partial charge in [-0.15, -0.1) is 0 Å². The van der Waals surface area contributed by atoms with Crippen molar-refractivity contribution in [2.24, 2.45) is 0 Å². The molecule has 0 bridgehead atoms. The molecule has 9 heteroatoms. The molecule has 2 heterocycles. The second kappa shape index (κ2) is 6.52. The van der Waals surface area contributed by atoms with Gasteiger partial charge in [0.2, 0.25) is 0 Å². The summed E-state index contributed by atoms with van der Waals surface area (Å²) in [5.41, 5.74) is 1.08. The topological polar surface area (TPSA) is 82.7 Å². The summed E-state index contributed by atoms with van der Waals surface area (Å²) in [4.78, 5) is 3.99. The van der Waals surface area contributed by atoms with Crippen molar-refractivity contribution in [1.29, 1.82) is 0 Å². The Morgan fingerprint density at radius 2 is 1.88 bits per heavy atom. The van der Waals surface area contributed by atoms with Crippen LogP contribution in [0.1, 0.15) is 18.4 Å². The Bertz CT molecular complexity index is 931. The van der Waals surface area contributed by atoms with Crippen LogP contribution < -0.4 is 0 Å². The van der Waals surface area contributed by atoms with Crippen LogP contribution in [0.5, 0.6) is 0 Å². The molecular weight excluding hydrogens is 333 g/mol. The van der Waals surface area contributed by atoms with Crippen molar-refractivity contribution in [2.75, 3.05) is 0 Å². The Hall–Kier alpha value is -2.55. The van der Waals surface area contributed by atoms with E-state index in [0.717, 1.165) is 0 Å². The third-order valence-electron chi connectivity index (χ3n) is 3.45. The number of rotatable bonds is 6. The van der Waals surface area contributed by atoms with Crippen molar-refractivity contribution >= 4 is 9.84 Å². The highest BCUT2D eigenvalue weighted by Crippen LogP contribution is 2.13. The second-order valence-electron chi connectivity index (χ2n) is 5.25. The van der Waals surface area contributed by atoms with Gasteiger partial charge in [0.05, 0.1) is 17.1 Å². The van der Waals surface area contributed by atoms with Crippen molar-refractivity contribution in [2.45, 2.75) is 25.0 Å². The molecule has 0 N–H and O–H groups in total. The third kappa shape index (κ3) is 3.67. The zero-order valence-corrected chi connectivity index (χ0v) is 13.8. The van der Waals surface area contributed by atoms with Crippen LogP contribution in [0.3, 0.4) is 0 Å². The molecule has 0 aliphatic rings. The maximum atomic E-state index is 13.0. The number of halogens is 1. The lowest BCUT2D eigenvalue weighted by Gasteiger charge is -2.04. The number of aryl methyl sites for hydroxylation is 1. The molecule has 0 fully saturated rings. The molecule has 0 aliphatic heterocycles. The van der Waals surface area contributed by atoms with Gasteiger partial charge in [0.15, 0.2) is 9.84 Å². The van der Waals surface area contributed by atoms with Crippen LogP contribution in [0.25, 0.3) is 5.69 Å². The van der Waals surface area contributed by atoms with Crippen molar-refractivity contribution < 1.29 is 12.8 Å². The summed E-state index contributed by atoms with van der Waals surface area (Å²) >= 11 is 0. The highest BCUT2D eigenvalue weighted by molar-refractivity contribution is 7.89. The molecule has 1 aromatic carbocycles. The summed E-state index contributed by atoms with van der Waals surface area (Å²) in [6.45, 7) is 2.43. The molecule has 0 amide bonds. The highest BCUT2D eigenvalue weighted by atomic mass is 32.2. The predicted octanol–water partition coefficient (Wildman–Crippen LogP) is 1.74. The van der Waals surface area contributed by atoms with E-state index in [9.17, 15) is 12.8 Å². The number of hydrogen-bond acceptors (Lipinski definition) is 5. The first-order chi connectivity index (χ1) is 11.5. The molecule has 0 radical (unpaired) electrons. The van der Waals surface area contributed by atoms with Gasteiger partial charge in [0, 0.05) is 12.7 Å². The third-order valence-corrected chi connectivity index (χ3v) is 4.88. The van der Waals surface area contributed by atoms with Crippen LogP contribution in [0.4, 0.5) is 4.39 Å². The Balaban J connectivity index is 1.75. The average molecular weight is 349 g/mol. The molecule has 0 saturated heterocycles. The van der Waals surface area contributed by atoms with Gasteiger partial charge in [-0.1, -0.05) is 0 Å². The first-order valence-electron chi connectivity index (χ1n) is 7.34. The van der Waals surface area contributed by atoms with E-state index in [4.69, 9.17) is 0 Å². The Labute approximate surface area is 138 Å². The van der Waals surface area contributed by atoms with Crippen LogP contribution in [-0.2, 0) is 27.9 Å². The SMILES string of the molecule is CCn1ncnc1CS(=O)(=O)Cc1ccn(-c2ccc(F)cc2)n1. The largest absolute Gasteiger partial charge is 0.249 e. The monoisotopic (exact) mass is 349 g/mol. The molecule has 0 unspecified atom stereocenters. The smallest absolute Gasteiger partial charge is 0.163 e. The zero-order chi connectivity index (χ0) is 17.2. The standard InChI is InChI=1S/C15H16FN5O2S/c1-2-20-15(17-11-18-20)10-24(22,23)9-13-7-8-21(19-13)14-5-3-12(16)4-6-14/h3-8,11H,2,9-10H2,1H3. The lowest BCUT2D eigenvalue weighted by atomic mass is 10.3. The summed E-state index contributed by atoms with van der Waals surface area (Å²) in [5.74, 6) is -0.314. The molecule has 0 atom stereocenters. The molecule has 0 spiro atoms. The minimum absolute atomic E-state index is 0.190. The number of hydrogen-bond donors (Lipinski definition) is 0. The molecule has 126 valence electrons. The first-order valence-corrected chi connectivity index (χ1v) is 9.16. The van der Waals surface area contributed by atoms with Gasteiger partial charge < -0.3 is 0 Å². The van der Waals surface area contributed by atoms with E-state index in [-0.39, 0.29) is 17.3 Å². The maximum Gasteiger partial charge on any atom is 0.163 e. The number of aromatic nitrogens is 5. The fourth-order valence-electron chi connectivity index (χ4n) is 2.31. The summed E-state index contributed by atoms with van der Waals surface area (Å²) < 4.78 is 40.7. The van der Waals surface area contributed by atoms with Crippen molar-refractivity contribution in [1.82, 2.24) is 24.5 Å². The van der Waals surface area contributed by atoms with Gasteiger partial charge in [-0.05, 0) is 37.3 Å². The van der Waals surface area contributed by atoms with Gasteiger partial charge in [-0.25, -0.2) is 27.2 Å². The first kappa shape index (κ1) is 16.3. The van der Waals surface area contributed by atoms with Crippen molar-refractivity contribution in [3.63, 3.8) is 0 Å². The number of sulfone groups is 1. The van der Waals surface area contributed by atoms with E-state index in [0.29, 0.717) is 23.8 Å². The van der Waals surface area contributed by atoms with Crippen LogP contribution in [0, 0.1) is 5.82 Å². The van der Waals surface area contributed by atoms with Crippen molar-refractivity contribution in [3.8, 4) is 5.69 Å². The lowest BCUT2D eigenvalue weighted by molar-refractivity contribution is 0.582. The van der Waals surface area contributed by atoms with Crippen molar-refractivity contribution in [3.05, 3.63) is 60.2 Å². The Kier molecular flexibility index (Phi) is 4.43. The molecule has 0 saturated carbocycles. The van der Waals surface area contributed by atoms with Gasteiger partial charge in [-0.3, -0.25) is 0 Å². The summed E-state index contributed by atoms with van der Waals surface area (Å²) in [6, 6.07) is 7.43. The average Bonchev–Trinajstić information content (AvgIpc) is 3.16. The van der Waals surface area contributed by atoms with E-state index >= 15 is 0 Å². The van der Waals surface area contributed by atoms with Crippen LogP contribution >= 0.6 is 0 Å². The lowest BCUT2D eigenvalue weighted by Crippen LogP contribution is -2.13. The van der Waals surface area contributed by atoms with E-state index in [2.05, 4.69) is 15.2 Å². The molecule has 3 aromatic rings.